The predicted octanol–water partition coefficient (Wildman–Crippen LogP) is 2.96. The molecule has 3 heteroatoms. The highest BCUT2D eigenvalue weighted by molar-refractivity contribution is 9.10. The SMILES string of the molecule is CCC(C)C(C)NC(=O)C(Br)C(C)C. The summed E-state index contributed by atoms with van der Waals surface area (Å²) in [5, 5.41) is 3.03. The third kappa shape index (κ3) is 4.45. The molecule has 0 rings (SSSR count). The molecule has 2 nitrogen and oxygen atoms in total. The van der Waals surface area contributed by atoms with Crippen molar-refractivity contribution in [2.24, 2.45) is 11.8 Å². The fourth-order valence-electron chi connectivity index (χ4n) is 1.10. The average Bonchev–Trinajstić information content (AvgIpc) is 2.14. The highest BCUT2D eigenvalue weighted by Crippen LogP contribution is 2.13. The predicted molar refractivity (Wildman–Crippen MR) is 64.6 cm³/mol. The molecule has 0 radical (unpaired) electrons. The van der Waals surface area contributed by atoms with Gasteiger partial charge in [-0.3, -0.25) is 4.79 Å². The normalized spacial score (nSPS) is 17.6. The first kappa shape index (κ1) is 13.9. The zero-order valence-corrected chi connectivity index (χ0v) is 11.4. The van der Waals surface area contributed by atoms with Crippen molar-refractivity contribution in [1.29, 1.82) is 0 Å². The zero-order chi connectivity index (χ0) is 11.3. The van der Waals surface area contributed by atoms with Crippen LogP contribution in [0.25, 0.3) is 0 Å². The number of hydrogen-bond donors (Lipinski definition) is 1. The van der Waals surface area contributed by atoms with E-state index in [1.165, 1.54) is 0 Å². The van der Waals surface area contributed by atoms with Crippen molar-refractivity contribution in [3.8, 4) is 0 Å². The van der Waals surface area contributed by atoms with Gasteiger partial charge in [-0.15, -0.1) is 0 Å². The molecule has 0 saturated carbocycles. The number of nitrogens with one attached hydrogen (secondary N) is 1. The van der Waals surface area contributed by atoms with Crippen LogP contribution in [0.15, 0.2) is 0 Å². The van der Waals surface area contributed by atoms with Gasteiger partial charge in [-0.25, -0.2) is 0 Å². The largest absolute Gasteiger partial charge is 0.352 e. The number of hydrogen-bond acceptors (Lipinski definition) is 1. The summed E-state index contributed by atoms with van der Waals surface area (Å²) in [7, 11) is 0. The van der Waals surface area contributed by atoms with Crippen LogP contribution in [0, 0.1) is 11.8 Å². The van der Waals surface area contributed by atoms with Gasteiger partial charge in [0, 0.05) is 6.04 Å². The molecule has 0 aromatic carbocycles. The van der Waals surface area contributed by atoms with Crippen LogP contribution in [0.2, 0.25) is 0 Å². The van der Waals surface area contributed by atoms with E-state index < -0.39 is 0 Å². The number of amides is 1. The molecule has 1 amide bonds. The number of alkyl halides is 1. The summed E-state index contributed by atoms with van der Waals surface area (Å²) < 4.78 is 0. The van der Waals surface area contributed by atoms with Crippen LogP contribution in [0.4, 0.5) is 0 Å². The Morgan fingerprint density at radius 1 is 1.29 bits per heavy atom. The van der Waals surface area contributed by atoms with Crippen LogP contribution in [-0.4, -0.2) is 16.8 Å². The quantitative estimate of drug-likeness (QED) is 0.760. The second-order valence-corrected chi connectivity index (χ2v) is 5.32. The van der Waals surface area contributed by atoms with Gasteiger partial charge < -0.3 is 5.32 Å². The molecular formula is C11H22BrNO. The average molecular weight is 264 g/mol. The molecule has 3 atom stereocenters. The highest BCUT2D eigenvalue weighted by Gasteiger charge is 2.21. The van der Waals surface area contributed by atoms with Crippen molar-refractivity contribution >= 4 is 21.8 Å². The lowest BCUT2D eigenvalue weighted by molar-refractivity contribution is -0.122. The van der Waals surface area contributed by atoms with Gasteiger partial charge in [-0.1, -0.05) is 50.0 Å². The van der Waals surface area contributed by atoms with Crippen molar-refractivity contribution in [2.75, 3.05) is 0 Å². The minimum Gasteiger partial charge on any atom is -0.352 e. The van der Waals surface area contributed by atoms with Gasteiger partial charge in [0.2, 0.25) is 5.91 Å². The van der Waals surface area contributed by atoms with Gasteiger partial charge in [0.15, 0.2) is 0 Å². The molecule has 1 N–H and O–H groups in total. The fourth-order valence-corrected chi connectivity index (χ4v) is 1.23. The maximum absolute atomic E-state index is 11.7. The topological polar surface area (TPSA) is 29.1 Å². The summed E-state index contributed by atoms with van der Waals surface area (Å²) in [5.74, 6) is 0.970. The molecule has 84 valence electrons. The van der Waals surface area contributed by atoms with Gasteiger partial charge in [-0.05, 0) is 18.8 Å². The molecular weight excluding hydrogens is 242 g/mol. The second kappa shape index (κ2) is 6.44. The number of rotatable bonds is 5. The van der Waals surface area contributed by atoms with E-state index in [0.717, 1.165) is 6.42 Å². The first-order valence-electron chi connectivity index (χ1n) is 5.34. The Morgan fingerprint density at radius 2 is 1.79 bits per heavy atom. The van der Waals surface area contributed by atoms with E-state index in [1.807, 2.05) is 13.8 Å². The van der Waals surface area contributed by atoms with Gasteiger partial charge in [0.1, 0.15) is 0 Å². The summed E-state index contributed by atoms with van der Waals surface area (Å²) in [6.07, 6.45) is 1.09. The van der Waals surface area contributed by atoms with Gasteiger partial charge in [-0.2, -0.15) is 0 Å². The van der Waals surface area contributed by atoms with Crippen LogP contribution < -0.4 is 5.32 Å². The van der Waals surface area contributed by atoms with E-state index in [1.54, 1.807) is 0 Å². The minimum absolute atomic E-state index is 0.0750. The monoisotopic (exact) mass is 263 g/mol. The molecule has 0 aromatic rings. The molecule has 0 aliphatic heterocycles. The van der Waals surface area contributed by atoms with E-state index in [-0.39, 0.29) is 16.8 Å². The molecule has 0 fully saturated rings. The van der Waals surface area contributed by atoms with Crippen LogP contribution in [-0.2, 0) is 4.79 Å². The number of halogens is 1. The Labute approximate surface area is 96.0 Å². The molecule has 0 aromatic heterocycles. The summed E-state index contributed by atoms with van der Waals surface area (Å²) >= 11 is 3.40. The molecule has 0 saturated heterocycles. The summed E-state index contributed by atoms with van der Waals surface area (Å²) in [4.78, 5) is 11.6. The Hall–Kier alpha value is -0.0500. The van der Waals surface area contributed by atoms with E-state index >= 15 is 0 Å². The van der Waals surface area contributed by atoms with Crippen molar-refractivity contribution < 1.29 is 4.79 Å². The minimum atomic E-state index is -0.0750. The van der Waals surface area contributed by atoms with Crippen LogP contribution in [0.1, 0.15) is 41.0 Å². The summed E-state index contributed by atoms with van der Waals surface area (Å²) in [6.45, 7) is 10.4. The van der Waals surface area contributed by atoms with Crippen molar-refractivity contribution in [3.63, 3.8) is 0 Å². The lowest BCUT2D eigenvalue weighted by Gasteiger charge is -2.22. The van der Waals surface area contributed by atoms with Crippen LogP contribution in [0.5, 0.6) is 0 Å². The third-order valence-electron chi connectivity index (χ3n) is 2.70. The smallest absolute Gasteiger partial charge is 0.234 e. The standard InChI is InChI=1S/C11H22BrNO/c1-6-8(4)9(5)13-11(14)10(12)7(2)3/h7-10H,6H2,1-5H3,(H,13,14). The molecule has 0 aliphatic carbocycles. The molecule has 0 bridgehead atoms. The van der Waals surface area contributed by atoms with Gasteiger partial charge in [0.25, 0.3) is 0 Å². The van der Waals surface area contributed by atoms with Crippen LogP contribution >= 0.6 is 15.9 Å². The Bertz CT molecular complexity index is 182. The number of carbonyl (C=O) groups is 1. The first-order chi connectivity index (χ1) is 6.40. The van der Waals surface area contributed by atoms with Gasteiger partial charge in [0.05, 0.1) is 4.83 Å². The Kier molecular flexibility index (Phi) is 6.41. The van der Waals surface area contributed by atoms with Crippen LogP contribution in [0.3, 0.4) is 0 Å². The lowest BCUT2D eigenvalue weighted by atomic mass is 10.0. The van der Waals surface area contributed by atoms with Crippen molar-refractivity contribution in [2.45, 2.75) is 51.9 Å². The third-order valence-corrected chi connectivity index (χ3v) is 4.18. The van der Waals surface area contributed by atoms with E-state index in [9.17, 15) is 4.79 Å². The summed E-state index contributed by atoms with van der Waals surface area (Å²) in [6, 6.07) is 0.256. The van der Waals surface area contributed by atoms with E-state index in [2.05, 4.69) is 42.0 Å². The zero-order valence-electron chi connectivity index (χ0n) is 9.80. The second-order valence-electron chi connectivity index (χ2n) is 4.33. The highest BCUT2D eigenvalue weighted by atomic mass is 79.9. The Balaban J connectivity index is 4.05. The van der Waals surface area contributed by atoms with E-state index in [0.29, 0.717) is 11.8 Å². The Morgan fingerprint density at radius 3 is 2.14 bits per heavy atom. The molecule has 0 heterocycles. The van der Waals surface area contributed by atoms with Gasteiger partial charge >= 0.3 is 0 Å². The molecule has 0 spiro atoms. The van der Waals surface area contributed by atoms with E-state index in [4.69, 9.17) is 0 Å². The fraction of sp³-hybridized carbons (Fsp3) is 0.909. The first-order valence-corrected chi connectivity index (χ1v) is 6.26. The van der Waals surface area contributed by atoms with Crippen molar-refractivity contribution in [3.05, 3.63) is 0 Å². The molecule has 0 aliphatic rings. The summed E-state index contributed by atoms with van der Waals surface area (Å²) in [5.41, 5.74) is 0. The lowest BCUT2D eigenvalue weighted by Crippen LogP contribution is -2.42. The molecule has 3 unspecified atom stereocenters. The maximum Gasteiger partial charge on any atom is 0.234 e. The maximum atomic E-state index is 11.7. The number of carbonyl (C=O) groups excluding carboxylic acids is 1. The van der Waals surface area contributed by atoms with Crippen molar-refractivity contribution in [1.82, 2.24) is 5.32 Å². The molecule has 14 heavy (non-hydrogen) atoms.